The summed E-state index contributed by atoms with van der Waals surface area (Å²) in [5.74, 6) is 0.783. The summed E-state index contributed by atoms with van der Waals surface area (Å²) in [6.45, 7) is 10.5. The fourth-order valence-electron chi connectivity index (χ4n) is 2.55. The highest BCUT2D eigenvalue weighted by Crippen LogP contribution is 2.42. The zero-order valence-corrected chi connectivity index (χ0v) is 11.3. The normalized spacial score (nSPS) is 25.2. The van der Waals surface area contributed by atoms with Gasteiger partial charge in [-0.2, -0.15) is 0 Å². The molecule has 0 fully saturated rings. The molecule has 1 aliphatic carbocycles. The molecular formula is C15H24O. The van der Waals surface area contributed by atoms with Crippen LogP contribution in [0.15, 0.2) is 23.3 Å². The summed E-state index contributed by atoms with van der Waals surface area (Å²) in [7, 11) is 0. The van der Waals surface area contributed by atoms with E-state index in [1.807, 2.05) is 6.92 Å². The third-order valence-corrected chi connectivity index (χ3v) is 3.96. The lowest BCUT2D eigenvalue weighted by atomic mass is 9.67. The minimum atomic E-state index is 0.190. The molecule has 16 heavy (non-hydrogen) atoms. The number of Topliss-reactive ketones (excluding diaryl/α,β-unsaturated/α-hetero) is 1. The van der Waals surface area contributed by atoms with Gasteiger partial charge in [-0.05, 0) is 56.9 Å². The minimum Gasteiger partial charge on any atom is -0.295 e. The van der Waals surface area contributed by atoms with Crippen LogP contribution in [0.2, 0.25) is 0 Å². The lowest BCUT2D eigenvalue weighted by Crippen LogP contribution is -2.27. The van der Waals surface area contributed by atoms with E-state index < -0.39 is 0 Å². The second kappa shape index (κ2) is 4.99. The highest BCUT2D eigenvalue weighted by molar-refractivity contribution is 5.92. The second-order valence-electron chi connectivity index (χ2n) is 5.71. The topological polar surface area (TPSA) is 17.1 Å². The van der Waals surface area contributed by atoms with Crippen LogP contribution in [0.25, 0.3) is 0 Å². The van der Waals surface area contributed by atoms with E-state index in [2.05, 4.69) is 32.9 Å². The van der Waals surface area contributed by atoms with Crippen LogP contribution >= 0.6 is 0 Å². The van der Waals surface area contributed by atoms with Crippen molar-refractivity contribution >= 4 is 5.78 Å². The molecule has 0 bridgehead atoms. The molecule has 0 aromatic rings. The average Bonchev–Trinajstić information content (AvgIpc) is 2.15. The first-order valence-electron chi connectivity index (χ1n) is 6.19. The van der Waals surface area contributed by atoms with E-state index in [4.69, 9.17) is 0 Å². The fourth-order valence-corrected chi connectivity index (χ4v) is 2.55. The first-order valence-corrected chi connectivity index (χ1v) is 6.19. The summed E-state index contributed by atoms with van der Waals surface area (Å²) in [6.07, 6.45) is 7.91. The van der Waals surface area contributed by atoms with Gasteiger partial charge in [-0.1, -0.05) is 31.6 Å². The molecule has 90 valence electrons. The van der Waals surface area contributed by atoms with Crippen LogP contribution in [0, 0.1) is 11.3 Å². The maximum Gasteiger partial charge on any atom is 0.155 e. The molecule has 0 amide bonds. The predicted molar refractivity (Wildman–Crippen MR) is 69.3 cm³/mol. The number of allylic oxidation sites excluding steroid dienone is 4. The zero-order chi connectivity index (χ0) is 12.3. The largest absolute Gasteiger partial charge is 0.295 e. The summed E-state index contributed by atoms with van der Waals surface area (Å²) < 4.78 is 0. The van der Waals surface area contributed by atoms with Crippen molar-refractivity contribution in [2.24, 2.45) is 11.3 Å². The molecule has 0 saturated heterocycles. The van der Waals surface area contributed by atoms with Crippen LogP contribution in [-0.4, -0.2) is 5.78 Å². The number of carbonyl (C=O) groups excluding carboxylic acids is 1. The number of rotatable bonds is 3. The van der Waals surface area contributed by atoms with E-state index in [1.54, 1.807) is 6.92 Å². The summed E-state index contributed by atoms with van der Waals surface area (Å²) >= 11 is 0. The molecule has 1 atom stereocenters. The van der Waals surface area contributed by atoms with Gasteiger partial charge in [-0.3, -0.25) is 4.79 Å². The molecule has 0 N–H and O–H groups in total. The van der Waals surface area contributed by atoms with Crippen molar-refractivity contribution in [2.75, 3.05) is 0 Å². The first-order chi connectivity index (χ1) is 7.34. The third-order valence-electron chi connectivity index (χ3n) is 3.96. The van der Waals surface area contributed by atoms with E-state index in [9.17, 15) is 4.79 Å². The Balaban J connectivity index is 2.78. The fraction of sp³-hybridized carbons (Fsp3) is 0.667. The van der Waals surface area contributed by atoms with E-state index in [-0.39, 0.29) is 5.78 Å². The number of hydrogen-bond donors (Lipinski definition) is 0. The average molecular weight is 220 g/mol. The molecule has 0 spiro atoms. The van der Waals surface area contributed by atoms with Gasteiger partial charge in [0.1, 0.15) is 0 Å². The molecule has 0 aliphatic heterocycles. The van der Waals surface area contributed by atoms with Crippen molar-refractivity contribution < 1.29 is 4.79 Å². The molecule has 0 aromatic heterocycles. The Morgan fingerprint density at radius 3 is 2.62 bits per heavy atom. The van der Waals surface area contributed by atoms with Gasteiger partial charge in [-0.25, -0.2) is 0 Å². The van der Waals surface area contributed by atoms with Gasteiger partial charge in [-0.15, -0.1) is 0 Å². The Kier molecular flexibility index (Phi) is 4.12. The monoisotopic (exact) mass is 220 g/mol. The summed E-state index contributed by atoms with van der Waals surface area (Å²) in [5.41, 5.74) is 2.75. The molecule has 1 nitrogen and oxygen atoms in total. The molecule has 0 aromatic carbocycles. The molecular weight excluding hydrogens is 196 g/mol. The minimum absolute atomic E-state index is 0.190. The molecule has 1 unspecified atom stereocenters. The van der Waals surface area contributed by atoms with E-state index in [1.165, 1.54) is 18.4 Å². The van der Waals surface area contributed by atoms with Crippen molar-refractivity contribution in [3.8, 4) is 0 Å². The van der Waals surface area contributed by atoms with Crippen molar-refractivity contribution in [3.63, 3.8) is 0 Å². The Morgan fingerprint density at radius 1 is 1.50 bits per heavy atom. The van der Waals surface area contributed by atoms with Crippen LogP contribution in [0.1, 0.15) is 53.9 Å². The van der Waals surface area contributed by atoms with E-state index in [0.717, 1.165) is 12.0 Å². The van der Waals surface area contributed by atoms with E-state index >= 15 is 0 Å². The van der Waals surface area contributed by atoms with E-state index in [0.29, 0.717) is 11.3 Å². The maximum absolute atomic E-state index is 11.2. The second-order valence-corrected chi connectivity index (χ2v) is 5.71. The first kappa shape index (κ1) is 13.2. The molecule has 0 radical (unpaired) electrons. The van der Waals surface area contributed by atoms with Gasteiger partial charge in [0.05, 0.1) is 0 Å². The number of carbonyl (C=O) groups is 1. The summed E-state index contributed by atoms with van der Waals surface area (Å²) in [5, 5.41) is 0. The number of hydrogen-bond acceptors (Lipinski definition) is 1. The highest BCUT2D eigenvalue weighted by atomic mass is 16.1. The van der Waals surface area contributed by atoms with Crippen molar-refractivity contribution in [3.05, 3.63) is 23.3 Å². The van der Waals surface area contributed by atoms with Gasteiger partial charge >= 0.3 is 0 Å². The SMILES string of the molecule is CC(=O)C(C)=CCC1C(C)=CCCC1(C)C. The van der Waals surface area contributed by atoms with Crippen molar-refractivity contribution in [1.82, 2.24) is 0 Å². The summed E-state index contributed by atoms with van der Waals surface area (Å²) in [6, 6.07) is 0. The summed E-state index contributed by atoms with van der Waals surface area (Å²) in [4.78, 5) is 11.2. The van der Waals surface area contributed by atoms with Crippen LogP contribution in [0.4, 0.5) is 0 Å². The van der Waals surface area contributed by atoms with Crippen molar-refractivity contribution in [1.29, 1.82) is 0 Å². The van der Waals surface area contributed by atoms with Crippen LogP contribution in [-0.2, 0) is 4.79 Å². The highest BCUT2D eigenvalue weighted by Gasteiger charge is 2.31. The Bertz CT molecular complexity index is 331. The van der Waals surface area contributed by atoms with Crippen LogP contribution in [0.3, 0.4) is 0 Å². The van der Waals surface area contributed by atoms with Gasteiger partial charge in [0.25, 0.3) is 0 Å². The molecule has 0 saturated carbocycles. The molecule has 0 heterocycles. The van der Waals surface area contributed by atoms with Gasteiger partial charge in [0.15, 0.2) is 5.78 Å². The quantitative estimate of drug-likeness (QED) is 0.512. The lowest BCUT2D eigenvalue weighted by molar-refractivity contribution is -0.113. The Morgan fingerprint density at radius 2 is 2.12 bits per heavy atom. The Hall–Kier alpha value is -0.850. The lowest BCUT2D eigenvalue weighted by Gasteiger charge is -2.38. The standard InChI is InChI=1S/C15H24O/c1-11(13(3)16)8-9-14-12(2)7-6-10-15(14,4)5/h7-8,14H,6,9-10H2,1-5H3. The van der Waals surface area contributed by atoms with Crippen LogP contribution < -0.4 is 0 Å². The predicted octanol–water partition coefficient (Wildman–Crippen LogP) is 4.29. The van der Waals surface area contributed by atoms with Gasteiger partial charge in [0, 0.05) is 0 Å². The Labute approximate surface area is 99.6 Å². The van der Waals surface area contributed by atoms with Gasteiger partial charge < -0.3 is 0 Å². The molecule has 1 rings (SSSR count). The molecule has 1 heteroatoms. The smallest absolute Gasteiger partial charge is 0.155 e. The maximum atomic E-state index is 11.2. The zero-order valence-electron chi connectivity index (χ0n) is 11.3. The van der Waals surface area contributed by atoms with Crippen LogP contribution in [0.5, 0.6) is 0 Å². The third kappa shape index (κ3) is 3.07. The van der Waals surface area contributed by atoms with Gasteiger partial charge in [0.2, 0.25) is 0 Å². The van der Waals surface area contributed by atoms with Crippen molar-refractivity contribution in [2.45, 2.75) is 53.9 Å². The number of ketones is 1. The molecule has 1 aliphatic rings.